The van der Waals surface area contributed by atoms with E-state index >= 15 is 0 Å². The molecule has 2 fully saturated rings. The summed E-state index contributed by atoms with van der Waals surface area (Å²) in [6.07, 6.45) is 0.290. The molecular formula is C14H16FNO2. The second-order valence-electron chi connectivity index (χ2n) is 5.16. The van der Waals surface area contributed by atoms with Crippen LogP contribution in [-0.2, 0) is 16.0 Å². The van der Waals surface area contributed by atoms with Gasteiger partial charge in [0.2, 0.25) is 5.91 Å². The van der Waals surface area contributed by atoms with Gasteiger partial charge in [-0.15, -0.1) is 0 Å². The zero-order chi connectivity index (χ0) is 12.5. The van der Waals surface area contributed by atoms with Gasteiger partial charge in [0, 0.05) is 24.9 Å². The number of hydrogen-bond acceptors (Lipinski definition) is 2. The minimum Gasteiger partial charge on any atom is -0.381 e. The summed E-state index contributed by atoms with van der Waals surface area (Å²) in [5, 5.41) is 0. The van der Waals surface area contributed by atoms with Crippen LogP contribution in [-0.4, -0.2) is 37.1 Å². The smallest absolute Gasteiger partial charge is 0.227 e. The van der Waals surface area contributed by atoms with E-state index in [0.717, 1.165) is 31.9 Å². The topological polar surface area (TPSA) is 29.5 Å². The largest absolute Gasteiger partial charge is 0.381 e. The number of benzene rings is 1. The highest BCUT2D eigenvalue weighted by atomic mass is 19.1. The Balaban J connectivity index is 1.62. The van der Waals surface area contributed by atoms with Gasteiger partial charge in [-0.05, 0) is 17.7 Å². The van der Waals surface area contributed by atoms with E-state index in [-0.39, 0.29) is 18.1 Å². The van der Waals surface area contributed by atoms with Crippen LogP contribution in [0.15, 0.2) is 24.3 Å². The summed E-state index contributed by atoms with van der Waals surface area (Å²) in [7, 11) is 0. The summed E-state index contributed by atoms with van der Waals surface area (Å²) in [4.78, 5) is 14.0. The van der Waals surface area contributed by atoms with Crippen LogP contribution in [0.1, 0.15) is 5.56 Å². The summed E-state index contributed by atoms with van der Waals surface area (Å²) in [6, 6.07) is 6.26. The van der Waals surface area contributed by atoms with E-state index in [9.17, 15) is 9.18 Å². The monoisotopic (exact) mass is 249 g/mol. The highest BCUT2D eigenvalue weighted by Gasteiger charge is 2.38. The third-order valence-corrected chi connectivity index (χ3v) is 3.84. The lowest BCUT2D eigenvalue weighted by molar-refractivity contribution is -0.129. The number of carbonyl (C=O) groups excluding carboxylic acids is 1. The molecule has 0 spiro atoms. The van der Waals surface area contributed by atoms with Crippen molar-refractivity contribution in [3.8, 4) is 0 Å². The average Bonchev–Trinajstić information content (AvgIpc) is 2.88. The maximum atomic E-state index is 13.0. The van der Waals surface area contributed by atoms with Crippen LogP contribution in [0, 0.1) is 17.7 Å². The normalized spacial score (nSPS) is 26.4. The van der Waals surface area contributed by atoms with E-state index in [2.05, 4.69) is 0 Å². The first kappa shape index (κ1) is 11.7. The van der Waals surface area contributed by atoms with Crippen molar-refractivity contribution < 1.29 is 13.9 Å². The molecule has 3 rings (SSSR count). The first-order valence-corrected chi connectivity index (χ1v) is 6.32. The zero-order valence-electron chi connectivity index (χ0n) is 10.1. The minimum absolute atomic E-state index is 0.0926. The number of carbonyl (C=O) groups is 1. The van der Waals surface area contributed by atoms with Crippen molar-refractivity contribution in [3.63, 3.8) is 0 Å². The van der Waals surface area contributed by atoms with Crippen molar-refractivity contribution in [1.82, 2.24) is 4.90 Å². The van der Waals surface area contributed by atoms with Crippen LogP contribution >= 0.6 is 0 Å². The zero-order valence-corrected chi connectivity index (χ0v) is 10.1. The predicted octanol–water partition coefficient (Wildman–Crippen LogP) is 1.47. The van der Waals surface area contributed by atoms with Gasteiger partial charge in [0.1, 0.15) is 5.82 Å². The number of nitrogens with zero attached hydrogens (tertiary/aromatic N) is 1. The van der Waals surface area contributed by atoms with Crippen LogP contribution in [0.4, 0.5) is 4.39 Å². The van der Waals surface area contributed by atoms with Crippen LogP contribution in [0.25, 0.3) is 0 Å². The predicted molar refractivity (Wildman–Crippen MR) is 64.5 cm³/mol. The Morgan fingerprint density at radius 3 is 2.72 bits per heavy atom. The number of ether oxygens (including phenoxy) is 1. The summed E-state index contributed by atoms with van der Waals surface area (Å²) in [5.74, 6) is 0.810. The fourth-order valence-corrected chi connectivity index (χ4v) is 2.82. The van der Waals surface area contributed by atoms with Gasteiger partial charge in [-0.3, -0.25) is 4.79 Å². The average molecular weight is 249 g/mol. The molecule has 2 aliphatic heterocycles. The molecular weight excluding hydrogens is 233 g/mol. The Morgan fingerprint density at radius 1 is 1.33 bits per heavy atom. The number of hydrogen-bond donors (Lipinski definition) is 0. The van der Waals surface area contributed by atoms with Crippen molar-refractivity contribution in [2.24, 2.45) is 11.8 Å². The third-order valence-electron chi connectivity index (χ3n) is 3.84. The van der Waals surface area contributed by atoms with Crippen molar-refractivity contribution >= 4 is 5.91 Å². The molecule has 0 unspecified atom stereocenters. The molecule has 2 heterocycles. The molecule has 0 bridgehead atoms. The molecule has 0 aromatic heterocycles. The molecule has 2 saturated heterocycles. The first-order chi connectivity index (χ1) is 8.72. The molecule has 2 aliphatic rings. The van der Waals surface area contributed by atoms with Crippen molar-refractivity contribution in [2.75, 3.05) is 26.3 Å². The Morgan fingerprint density at radius 2 is 2.06 bits per heavy atom. The van der Waals surface area contributed by atoms with Gasteiger partial charge in [0.15, 0.2) is 0 Å². The molecule has 2 atom stereocenters. The van der Waals surface area contributed by atoms with E-state index in [1.165, 1.54) is 12.1 Å². The maximum Gasteiger partial charge on any atom is 0.227 e. The van der Waals surface area contributed by atoms with Crippen LogP contribution < -0.4 is 0 Å². The number of halogens is 1. The van der Waals surface area contributed by atoms with E-state index in [4.69, 9.17) is 4.74 Å². The van der Waals surface area contributed by atoms with Crippen molar-refractivity contribution in [2.45, 2.75) is 6.42 Å². The Labute approximate surface area is 106 Å². The molecule has 1 aromatic rings. The number of amides is 1. The molecule has 4 heteroatoms. The lowest BCUT2D eigenvalue weighted by Gasteiger charge is -2.17. The fourth-order valence-electron chi connectivity index (χ4n) is 2.82. The minimum atomic E-state index is -0.285. The maximum absolute atomic E-state index is 13.0. The standard InChI is InChI=1S/C14H16FNO2/c15-13-3-1-2-10(4-13)5-14(17)16-6-11-8-18-9-12(11)7-16/h1-4,11-12H,5-9H2/t11-,12+. The van der Waals surface area contributed by atoms with Gasteiger partial charge >= 0.3 is 0 Å². The number of likely N-dealkylation sites (tertiary alicyclic amines) is 1. The Kier molecular flexibility index (Phi) is 3.04. The number of fused-ring (bicyclic) bond motifs is 1. The summed E-state index contributed by atoms with van der Waals surface area (Å²) in [6.45, 7) is 3.13. The summed E-state index contributed by atoms with van der Waals surface area (Å²) in [5.41, 5.74) is 0.744. The third kappa shape index (κ3) is 2.25. The molecule has 0 N–H and O–H groups in total. The van der Waals surface area contributed by atoms with E-state index < -0.39 is 0 Å². The van der Waals surface area contributed by atoms with E-state index in [1.54, 1.807) is 12.1 Å². The SMILES string of the molecule is O=C(Cc1cccc(F)c1)N1C[C@H]2COC[C@H]2C1. The van der Waals surface area contributed by atoms with E-state index in [0.29, 0.717) is 11.8 Å². The lowest BCUT2D eigenvalue weighted by Crippen LogP contribution is -2.31. The molecule has 1 amide bonds. The quantitative estimate of drug-likeness (QED) is 0.794. The summed E-state index contributed by atoms with van der Waals surface area (Å²) < 4.78 is 18.4. The van der Waals surface area contributed by atoms with Gasteiger partial charge in [-0.2, -0.15) is 0 Å². The first-order valence-electron chi connectivity index (χ1n) is 6.32. The van der Waals surface area contributed by atoms with Crippen LogP contribution in [0.5, 0.6) is 0 Å². The van der Waals surface area contributed by atoms with Gasteiger partial charge in [-0.1, -0.05) is 12.1 Å². The van der Waals surface area contributed by atoms with Gasteiger partial charge < -0.3 is 9.64 Å². The Hall–Kier alpha value is -1.42. The van der Waals surface area contributed by atoms with E-state index in [1.807, 2.05) is 4.90 Å². The van der Waals surface area contributed by atoms with Crippen molar-refractivity contribution in [3.05, 3.63) is 35.6 Å². The van der Waals surface area contributed by atoms with Crippen LogP contribution in [0.2, 0.25) is 0 Å². The highest BCUT2D eigenvalue weighted by molar-refractivity contribution is 5.79. The molecule has 0 radical (unpaired) electrons. The van der Waals surface area contributed by atoms with Crippen LogP contribution in [0.3, 0.4) is 0 Å². The molecule has 3 nitrogen and oxygen atoms in total. The molecule has 18 heavy (non-hydrogen) atoms. The summed E-state index contributed by atoms with van der Waals surface area (Å²) >= 11 is 0. The van der Waals surface area contributed by atoms with Gasteiger partial charge in [0.25, 0.3) is 0 Å². The molecule has 0 aliphatic carbocycles. The Bertz CT molecular complexity index is 451. The fraction of sp³-hybridized carbons (Fsp3) is 0.500. The van der Waals surface area contributed by atoms with Gasteiger partial charge in [-0.25, -0.2) is 4.39 Å². The highest BCUT2D eigenvalue weighted by Crippen LogP contribution is 2.29. The molecule has 96 valence electrons. The number of rotatable bonds is 2. The second kappa shape index (κ2) is 4.69. The molecule has 0 saturated carbocycles. The van der Waals surface area contributed by atoms with Gasteiger partial charge in [0.05, 0.1) is 19.6 Å². The second-order valence-corrected chi connectivity index (χ2v) is 5.16. The van der Waals surface area contributed by atoms with Crippen molar-refractivity contribution in [1.29, 1.82) is 0 Å². The lowest BCUT2D eigenvalue weighted by atomic mass is 10.0. The molecule has 1 aromatic carbocycles.